The first kappa shape index (κ1) is 20.2. The molecule has 1 aliphatic rings. The van der Waals surface area contributed by atoms with Crippen LogP contribution in [0, 0.1) is 6.92 Å². The Bertz CT molecular complexity index is 763. The molecule has 1 N–H and O–H groups in total. The number of hydrogen-bond donors (Lipinski definition) is 1. The second-order valence-corrected chi connectivity index (χ2v) is 7.42. The molecule has 0 aromatic heterocycles. The van der Waals surface area contributed by atoms with E-state index in [0.29, 0.717) is 6.42 Å². The molecular formula is C24H31N2O2+. The molecular weight excluding hydrogens is 348 g/mol. The molecule has 1 saturated heterocycles. The number of hydrogen-bond acceptors (Lipinski definition) is 2. The van der Waals surface area contributed by atoms with Crippen molar-refractivity contribution in [3.63, 3.8) is 0 Å². The summed E-state index contributed by atoms with van der Waals surface area (Å²) in [6, 6.07) is 18.3. The van der Waals surface area contributed by atoms with Gasteiger partial charge in [-0.15, -0.1) is 0 Å². The Labute approximate surface area is 168 Å². The topological polar surface area (TPSA) is 34.0 Å². The molecule has 1 fully saturated rings. The number of piperazine rings is 1. The Morgan fingerprint density at radius 2 is 1.79 bits per heavy atom. The molecule has 148 valence electrons. The molecule has 0 aliphatic carbocycles. The van der Waals surface area contributed by atoms with Gasteiger partial charge in [0, 0.05) is 0 Å². The summed E-state index contributed by atoms with van der Waals surface area (Å²) in [4.78, 5) is 16.4. The number of aryl methyl sites for hydroxylation is 1. The van der Waals surface area contributed by atoms with Gasteiger partial charge in [-0.1, -0.05) is 61.0 Å². The van der Waals surface area contributed by atoms with Gasteiger partial charge in [0.15, 0.2) is 6.10 Å². The number of quaternary nitrogens is 1. The smallest absolute Gasteiger partial charge is 0.264 e. The first-order valence-electron chi connectivity index (χ1n) is 10.2. The quantitative estimate of drug-likeness (QED) is 0.802. The first-order valence-corrected chi connectivity index (χ1v) is 10.2. The fraction of sp³-hybridized carbons (Fsp3) is 0.375. The molecule has 0 spiro atoms. The Morgan fingerprint density at radius 3 is 2.43 bits per heavy atom. The minimum atomic E-state index is -0.401. The van der Waals surface area contributed by atoms with Crippen molar-refractivity contribution < 1.29 is 14.4 Å². The second-order valence-electron chi connectivity index (χ2n) is 7.42. The number of nitrogens with zero attached hydrogens (tertiary/aromatic N) is 1. The molecule has 1 amide bonds. The largest absolute Gasteiger partial charge is 0.481 e. The van der Waals surface area contributed by atoms with Crippen LogP contribution in [0.2, 0.25) is 0 Å². The Balaban J connectivity index is 1.47. The van der Waals surface area contributed by atoms with E-state index in [9.17, 15) is 4.79 Å². The standard InChI is InChI=1S/C24H30N2O2/c1-3-23(28-22-13-11-20(2)12-14-22)24(27)26-18-16-25(17-19-26)15-7-10-21-8-5-4-6-9-21/h4-14,23H,3,15-19H2,1-2H3/p+1/b10-7+/t23-/m0/s1. The van der Waals surface area contributed by atoms with Crippen LogP contribution < -0.4 is 9.64 Å². The van der Waals surface area contributed by atoms with E-state index < -0.39 is 6.10 Å². The molecule has 4 heteroatoms. The predicted molar refractivity (Wildman–Crippen MR) is 114 cm³/mol. The molecule has 1 heterocycles. The minimum absolute atomic E-state index is 0.113. The number of carbonyl (C=O) groups is 1. The molecule has 2 aromatic rings. The lowest BCUT2D eigenvalue weighted by Gasteiger charge is -2.33. The monoisotopic (exact) mass is 379 g/mol. The van der Waals surface area contributed by atoms with Crippen LogP contribution in [0.5, 0.6) is 5.75 Å². The number of carbonyl (C=O) groups excluding carboxylic acids is 1. The summed E-state index contributed by atoms with van der Waals surface area (Å²) in [5.41, 5.74) is 2.42. The fourth-order valence-corrected chi connectivity index (χ4v) is 3.47. The predicted octanol–water partition coefficient (Wildman–Crippen LogP) is 2.59. The van der Waals surface area contributed by atoms with Crippen molar-refractivity contribution in [2.75, 3.05) is 32.7 Å². The highest BCUT2D eigenvalue weighted by molar-refractivity contribution is 5.81. The lowest BCUT2D eigenvalue weighted by Crippen LogP contribution is -3.14. The first-order chi connectivity index (χ1) is 13.7. The van der Waals surface area contributed by atoms with E-state index in [2.05, 4.69) is 36.4 Å². The zero-order valence-electron chi connectivity index (χ0n) is 16.9. The minimum Gasteiger partial charge on any atom is -0.481 e. The number of benzene rings is 2. The molecule has 0 radical (unpaired) electrons. The van der Waals surface area contributed by atoms with Crippen molar-refractivity contribution in [2.24, 2.45) is 0 Å². The Morgan fingerprint density at radius 1 is 1.11 bits per heavy atom. The van der Waals surface area contributed by atoms with Crippen LogP contribution in [-0.4, -0.2) is 49.6 Å². The van der Waals surface area contributed by atoms with Gasteiger partial charge in [0.1, 0.15) is 5.75 Å². The van der Waals surface area contributed by atoms with Crippen LogP contribution >= 0.6 is 0 Å². The van der Waals surface area contributed by atoms with Gasteiger partial charge in [-0.3, -0.25) is 4.79 Å². The summed E-state index contributed by atoms with van der Waals surface area (Å²) in [5.74, 6) is 0.878. The zero-order chi connectivity index (χ0) is 19.8. The molecule has 0 unspecified atom stereocenters. The highest BCUT2D eigenvalue weighted by Crippen LogP contribution is 2.16. The maximum atomic E-state index is 12.9. The lowest BCUT2D eigenvalue weighted by atomic mass is 10.2. The molecule has 1 aliphatic heterocycles. The zero-order valence-corrected chi connectivity index (χ0v) is 16.9. The van der Waals surface area contributed by atoms with E-state index in [1.165, 1.54) is 16.0 Å². The molecule has 3 rings (SSSR count). The van der Waals surface area contributed by atoms with Crippen LogP contribution in [0.1, 0.15) is 24.5 Å². The average molecular weight is 380 g/mol. The van der Waals surface area contributed by atoms with E-state index in [-0.39, 0.29) is 5.91 Å². The molecule has 28 heavy (non-hydrogen) atoms. The Kier molecular flexibility index (Phi) is 7.26. The molecule has 1 atom stereocenters. The maximum absolute atomic E-state index is 12.9. The van der Waals surface area contributed by atoms with Gasteiger partial charge in [0.05, 0.1) is 32.7 Å². The van der Waals surface area contributed by atoms with E-state index in [0.717, 1.165) is 38.5 Å². The summed E-state index contributed by atoms with van der Waals surface area (Å²) in [6.07, 6.45) is 4.69. The molecule has 0 bridgehead atoms. The summed E-state index contributed by atoms with van der Waals surface area (Å²) >= 11 is 0. The van der Waals surface area contributed by atoms with Crippen LogP contribution in [0.4, 0.5) is 0 Å². The van der Waals surface area contributed by atoms with Crippen molar-refractivity contribution in [3.8, 4) is 5.75 Å². The van der Waals surface area contributed by atoms with Gasteiger partial charge < -0.3 is 14.5 Å². The highest BCUT2D eigenvalue weighted by Gasteiger charge is 2.29. The Hall–Kier alpha value is -2.59. The van der Waals surface area contributed by atoms with Crippen molar-refractivity contribution in [2.45, 2.75) is 26.4 Å². The van der Waals surface area contributed by atoms with E-state index in [1.54, 1.807) is 0 Å². The van der Waals surface area contributed by atoms with Gasteiger partial charge >= 0.3 is 0 Å². The van der Waals surface area contributed by atoms with Crippen molar-refractivity contribution in [1.82, 2.24) is 4.90 Å². The van der Waals surface area contributed by atoms with Crippen molar-refractivity contribution in [3.05, 3.63) is 71.8 Å². The van der Waals surface area contributed by atoms with Gasteiger partial charge in [-0.2, -0.15) is 0 Å². The third kappa shape index (κ3) is 5.70. The summed E-state index contributed by atoms with van der Waals surface area (Å²) < 4.78 is 5.97. The summed E-state index contributed by atoms with van der Waals surface area (Å²) in [5, 5.41) is 0. The van der Waals surface area contributed by atoms with Crippen LogP contribution in [-0.2, 0) is 4.79 Å². The van der Waals surface area contributed by atoms with E-state index in [1.807, 2.05) is 49.1 Å². The molecule has 2 aromatic carbocycles. The normalized spacial score (nSPS) is 16.3. The van der Waals surface area contributed by atoms with Gasteiger partial charge in [-0.05, 0) is 37.1 Å². The second kappa shape index (κ2) is 10.1. The van der Waals surface area contributed by atoms with Crippen molar-refractivity contribution in [1.29, 1.82) is 0 Å². The molecule has 0 saturated carbocycles. The third-order valence-corrected chi connectivity index (χ3v) is 5.24. The van der Waals surface area contributed by atoms with Gasteiger partial charge in [-0.25, -0.2) is 0 Å². The molecule has 4 nitrogen and oxygen atoms in total. The fourth-order valence-electron chi connectivity index (χ4n) is 3.47. The lowest BCUT2D eigenvalue weighted by molar-refractivity contribution is -0.898. The number of nitrogens with one attached hydrogen (secondary N) is 1. The van der Waals surface area contributed by atoms with Gasteiger partial charge in [0.25, 0.3) is 5.91 Å². The average Bonchev–Trinajstić information content (AvgIpc) is 2.74. The number of ether oxygens (including phenoxy) is 1. The van der Waals surface area contributed by atoms with Crippen LogP contribution in [0.15, 0.2) is 60.7 Å². The maximum Gasteiger partial charge on any atom is 0.264 e. The van der Waals surface area contributed by atoms with Crippen LogP contribution in [0.3, 0.4) is 0 Å². The van der Waals surface area contributed by atoms with E-state index >= 15 is 0 Å². The van der Waals surface area contributed by atoms with Gasteiger partial charge in [0.2, 0.25) is 0 Å². The number of amides is 1. The summed E-state index contributed by atoms with van der Waals surface area (Å²) in [6.45, 7) is 8.59. The summed E-state index contributed by atoms with van der Waals surface area (Å²) in [7, 11) is 0. The van der Waals surface area contributed by atoms with Crippen LogP contribution in [0.25, 0.3) is 6.08 Å². The van der Waals surface area contributed by atoms with Crippen molar-refractivity contribution >= 4 is 12.0 Å². The third-order valence-electron chi connectivity index (χ3n) is 5.24. The SMILES string of the molecule is CC[C@H](Oc1ccc(C)cc1)C(=O)N1CC[NH+](C/C=C/c2ccccc2)CC1. The number of rotatable bonds is 7. The van der Waals surface area contributed by atoms with E-state index in [4.69, 9.17) is 4.74 Å². The highest BCUT2D eigenvalue weighted by atomic mass is 16.5.